The monoisotopic (exact) mass is 188 g/mol. The van der Waals surface area contributed by atoms with E-state index in [9.17, 15) is 4.79 Å². The Morgan fingerprint density at radius 1 is 1.33 bits per heavy atom. The highest BCUT2D eigenvalue weighted by Crippen LogP contribution is 2.01. The first-order valence-electron chi connectivity index (χ1n) is 4.31. The summed E-state index contributed by atoms with van der Waals surface area (Å²) < 4.78 is 0. The molecule has 0 aromatic heterocycles. The van der Waals surface area contributed by atoms with E-state index in [1.54, 1.807) is 0 Å². The second kappa shape index (κ2) is 4.72. The maximum Gasteiger partial charge on any atom is 0.223 e. The molecule has 0 bridgehead atoms. The van der Waals surface area contributed by atoms with Crippen molar-refractivity contribution >= 4 is 18.5 Å². The van der Waals surface area contributed by atoms with Gasteiger partial charge in [0, 0.05) is 32.6 Å². The zero-order valence-electron chi connectivity index (χ0n) is 7.49. The smallest absolute Gasteiger partial charge is 0.223 e. The van der Waals surface area contributed by atoms with Crippen LogP contribution in [0.1, 0.15) is 6.42 Å². The van der Waals surface area contributed by atoms with Crippen molar-refractivity contribution in [1.82, 2.24) is 9.80 Å². The van der Waals surface area contributed by atoms with Gasteiger partial charge in [-0.2, -0.15) is 12.6 Å². The average molecular weight is 188 g/mol. The molecular formula is C8H16N2OS. The van der Waals surface area contributed by atoms with Crippen LogP contribution in [-0.2, 0) is 4.79 Å². The molecule has 1 saturated heterocycles. The first kappa shape index (κ1) is 9.86. The molecule has 0 aromatic carbocycles. The predicted molar refractivity (Wildman–Crippen MR) is 52.5 cm³/mol. The van der Waals surface area contributed by atoms with Crippen LogP contribution >= 0.6 is 12.6 Å². The number of piperazine rings is 1. The minimum Gasteiger partial charge on any atom is -0.340 e. The normalized spacial score (nSPS) is 19.7. The Kier molecular flexibility index (Phi) is 3.88. The molecular weight excluding hydrogens is 172 g/mol. The molecule has 12 heavy (non-hydrogen) atoms. The number of carbonyl (C=O) groups excluding carboxylic acids is 1. The third-order valence-electron chi connectivity index (χ3n) is 2.18. The van der Waals surface area contributed by atoms with Gasteiger partial charge < -0.3 is 9.80 Å². The zero-order valence-corrected chi connectivity index (χ0v) is 8.39. The van der Waals surface area contributed by atoms with Crippen LogP contribution in [0.25, 0.3) is 0 Å². The second-order valence-corrected chi connectivity index (χ2v) is 3.60. The van der Waals surface area contributed by atoms with Gasteiger partial charge in [-0.1, -0.05) is 0 Å². The highest BCUT2D eigenvalue weighted by atomic mass is 32.1. The number of carbonyl (C=O) groups is 1. The highest BCUT2D eigenvalue weighted by molar-refractivity contribution is 7.80. The number of rotatable bonds is 2. The van der Waals surface area contributed by atoms with E-state index >= 15 is 0 Å². The van der Waals surface area contributed by atoms with Gasteiger partial charge in [0.1, 0.15) is 0 Å². The maximum atomic E-state index is 11.4. The molecule has 0 radical (unpaired) electrons. The minimum absolute atomic E-state index is 0.248. The van der Waals surface area contributed by atoms with Gasteiger partial charge in [0.05, 0.1) is 0 Å². The van der Waals surface area contributed by atoms with Crippen LogP contribution in [0.4, 0.5) is 0 Å². The fraction of sp³-hybridized carbons (Fsp3) is 0.875. The number of amides is 1. The maximum absolute atomic E-state index is 11.4. The van der Waals surface area contributed by atoms with Crippen molar-refractivity contribution in [3.05, 3.63) is 0 Å². The Hall–Kier alpha value is -0.220. The van der Waals surface area contributed by atoms with E-state index < -0.39 is 0 Å². The Morgan fingerprint density at radius 2 is 1.92 bits per heavy atom. The van der Waals surface area contributed by atoms with Crippen LogP contribution in [0.3, 0.4) is 0 Å². The first-order chi connectivity index (χ1) is 5.74. The molecule has 1 amide bonds. The van der Waals surface area contributed by atoms with Crippen LogP contribution < -0.4 is 0 Å². The summed E-state index contributed by atoms with van der Waals surface area (Å²) in [5.41, 5.74) is 0. The van der Waals surface area contributed by atoms with Crippen LogP contribution in [0, 0.1) is 0 Å². The molecule has 70 valence electrons. The van der Waals surface area contributed by atoms with Crippen molar-refractivity contribution in [2.75, 3.05) is 39.0 Å². The second-order valence-electron chi connectivity index (χ2n) is 3.16. The summed E-state index contributed by atoms with van der Waals surface area (Å²) in [4.78, 5) is 15.5. The summed E-state index contributed by atoms with van der Waals surface area (Å²) in [7, 11) is 2.08. The molecule has 0 spiro atoms. The highest BCUT2D eigenvalue weighted by Gasteiger charge is 2.17. The molecule has 0 atom stereocenters. The SMILES string of the molecule is CN1CCN(C(=O)CCS)CC1. The van der Waals surface area contributed by atoms with Gasteiger partial charge in [-0.05, 0) is 12.8 Å². The van der Waals surface area contributed by atoms with Gasteiger partial charge in [-0.25, -0.2) is 0 Å². The van der Waals surface area contributed by atoms with E-state index in [4.69, 9.17) is 0 Å². The lowest BCUT2D eigenvalue weighted by Crippen LogP contribution is -2.47. The number of likely N-dealkylation sites (N-methyl/N-ethyl adjacent to an activating group) is 1. The van der Waals surface area contributed by atoms with Crippen molar-refractivity contribution in [1.29, 1.82) is 0 Å². The van der Waals surface area contributed by atoms with Crippen molar-refractivity contribution < 1.29 is 4.79 Å². The van der Waals surface area contributed by atoms with E-state index in [1.807, 2.05) is 4.90 Å². The van der Waals surface area contributed by atoms with Crippen molar-refractivity contribution in [2.24, 2.45) is 0 Å². The fourth-order valence-electron chi connectivity index (χ4n) is 1.31. The summed E-state index contributed by atoms with van der Waals surface area (Å²) >= 11 is 4.04. The van der Waals surface area contributed by atoms with Crippen LogP contribution in [0.5, 0.6) is 0 Å². The molecule has 3 nitrogen and oxygen atoms in total. The third kappa shape index (κ3) is 2.68. The topological polar surface area (TPSA) is 23.6 Å². The molecule has 1 aliphatic rings. The minimum atomic E-state index is 0.248. The summed E-state index contributed by atoms with van der Waals surface area (Å²) in [6.45, 7) is 3.75. The summed E-state index contributed by atoms with van der Waals surface area (Å²) in [5.74, 6) is 0.906. The molecule has 4 heteroatoms. The number of thiol groups is 1. The van der Waals surface area contributed by atoms with Gasteiger partial charge in [0.25, 0.3) is 0 Å². The lowest BCUT2D eigenvalue weighted by atomic mass is 10.3. The van der Waals surface area contributed by atoms with Crippen molar-refractivity contribution in [3.63, 3.8) is 0 Å². The quantitative estimate of drug-likeness (QED) is 0.620. The fourth-order valence-corrected chi connectivity index (χ4v) is 1.50. The number of hydrogen-bond donors (Lipinski definition) is 1. The van der Waals surface area contributed by atoms with Crippen LogP contribution in [-0.4, -0.2) is 54.7 Å². The van der Waals surface area contributed by atoms with Gasteiger partial charge >= 0.3 is 0 Å². The molecule has 0 aliphatic carbocycles. The zero-order chi connectivity index (χ0) is 8.97. The van der Waals surface area contributed by atoms with Crippen LogP contribution in [0.2, 0.25) is 0 Å². The number of nitrogens with zero attached hydrogens (tertiary/aromatic N) is 2. The molecule has 0 aromatic rings. The third-order valence-corrected chi connectivity index (χ3v) is 2.41. The molecule has 1 rings (SSSR count). The van der Waals surface area contributed by atoms with E-state index in [0.29, 0.717) is 12.2 Å². The van der Waals surface area contributed by atoms with E-state index in [1.165, 1.54) is 0 Å². The number of hydrogen-bond acceptors (Lipinski definition) is 3. The summed E-state index contributed by atoms with van der Waals surface area (Å²) in [6.07, 6.45) is 0.576. The average Bonchev–Trinajstić information content (AvgIpc) is 2.06. The van der Waals surface area contributed by atoms with Gasteiger partial charge in [-0.3, -0.25) is 4.79 Å². The van der Waals surface area contributed by atoms with E-state index in [-0.39, 0.29) is 5.91 Å². The molecule has 0 N–H and O–H groups in total. The first-order valence-corrected chi connectivity index (χ1v) is 4.94. The lowest BCUT2D eigenvalue weighted by Gasteiger charge is -2.32. The van der Waals surface area contributed by atoms with E-state index in [0.717, 1.165) is 26.2 Å². The standard InChI is InChI=1S/C8H16N2OS/c1-9-3-5-10(6-4-9)8(11)2-7-12/h12H,2-7H2,1H3. The predicted octanol–water partition coefficient (Wildman–Crippen LogP) is 0.0803. The Labute approximate surface area is 79.1 Å². The Bertz CT molecular complexity index is 155. The van der Waals surface area contributed by atoms with Crippen LogP contribution in [0.15, 0.2) is 0 Å². The summed E-state index contributed by atoms with van der Waals surface area (Å²) in [5, 5.41) is 0. The van der Waals surface area contributed by atoms with Crippen molar-refractivity contribution in [3.8, 4) is 0 Å². The Morgan fingerprint density at radius 3 is 2.42 bits per heavy atom. The van der Waals surface area contributed by atoms with Gasteiger partial charge in [0.2, 0.25) is 5.91 Å². The van der Waals surface area contributed by atoms with Gasteiger partial charge in [-0.15, -0.1) is 0 Å². The molecule has 0 saturated carbocycles. The van der Waals surface area contributed by atoms with E-state index in [2.05, 4.69) is 24.6 Å². The largest absolute Gasteiger partial charge is 0.340 e. The Balaban J connectivity index is 2.29. The lowest BCUT2D eigenvalue weighted by molar-refractivity contribution is -0.132. The molecule has 1 fully saturated rings. The summed E-state index contributed by atoms with van der Waals surface area (Å²) in [6, 6.07) is 0. The molecule has 0 unspecified atom stereocenters. The van der Waals surface area contributed by atoms with Crippen molar-refractivity contribution in [2.45, 2.75) is 6.42 Å². The molecule has 1 heterocycles. The molecule has 1 aliphatic heterocycles. The van der Waals surface area contributed by atoms with Gasteiger partial charge in [0.15, 0.2) is 0 Å².